The van der Waals surface area contributed by atoms with E-state index < -0.39 is 127 Å². The Morgan fingerprint density at radius 1 is 0.650 bits per heavy atom. The highest BCUT2D eigenvalue weighted by Crippen LogP contribution is 2.25. The number of carbonyl (C=O) groups excluding carboxylic acids is 11. The van der Waals surface area contributed by atoms with Gasteiger partial charge in [-0.1, -0.05) is 98.3 Å². The van der Waals surface area contributed by atoms with Crippen molar-refractivity contribution in [3.63, 3.8) is 0 Å². The van der Waals surface area contributed by atoms with Crippen molar-refractivity contribution in [3.05, 3.63) is 149 Å². The molecule has 1 saturated heterocycles. The number of phenolic OH excluding ortho intramolecular Hbond substituents is 1. The van der Waals surface area contributed by atoms with Gasteiger partial charge in [-0.15, -0.1) is 0 Å². The third kappa shape index (κ3) is 20.2. The minimum Gasteiger partial charge on any atom is -0.508 e. The lowest BCUT2D eigenvalue weighted by molar-refractivity contribution is -0.145. The number of nitrogens with two attached hydrogens (primary N) is 3. The number of H-pyrrole nitrogens is 2. The van der Waals surface area contributed by atoms with E-state index in [1.807, 2.05) is 32.0 Å². The van der Waals surface area contributed by atoms with Crippen molar-refractivity contribution >= 4 is 104 Å². The monoisotopic (exact) mass is 1390 g/mol. The summed E-state index contributed by atoms with van der Waals surface area (Å²) in [5.74, 6) is -8.99. The zero-order valence-electron chi connectivity index (χ0n) is 56.0. The minimum absolute atomic E-state index is 0.00835. The molecule has 9 atom stereocenters. The van der Waals surface area contributed by atoms with Gasteiger partial charge in [-0.25, -0.2) is 0 Å². The first-order valence-corrected chi connectivity index (χ1v) is 33.3. The lowest BCUT2D eigenvalue weighted by Crippen LogP contribution is -2.62. The molecule has 100 heavy (non-hydrogen) atoms. The van der Waals surface area contributed by atoms with Gasteiger partial charge in [0.05, 0.1) is 13.2 Å². The molecule has 0 aliphatic carbocycles. The molecule has 2 aliphatic rings. The van der Waals surface area contributed by atoms with E-state index in [9.17, 15) is 53.4 Å². The van der Waals surface area contributed by atoms with E-state index in [4.69, 9.17) is 28.8 Å². The van der Waals surface area contributed by atoms with Gasteiger partial charge in [0, 0.05) is 98.5 Å². The summed E-state index contributed by atoms with van der Waals surface area (Å²) >= 11 is 6.21. The highest BCUT2D eigenvalue weighted by molar-refractivity contribution is 6.30. The number of aliphatic hydroxyl groups is 1. The minimum atomic E-state index is -1.82. The van der Waals surface area contributed by atoms with Gasteiger partial charge in [0.25, 0.3) is 0 Å². The highest BCUT2D eigenvalue weighted by atomic mass is 35.5. The second-order valence-corrected chi connectivity index (χ2v) is 25.8. The summed E-state index contributed by atoms with van der Waals surface area (Å²) in [5.41, 5.74) is 20.0. The van der Waals surface area contributed by atoms with Crippen LogP contribution in [0.3, 0.4) is 0 Å². The summed E-state index contributed by atoms with van der Waals surface area (Å²) in [5, 5.41) is 42.0. The van der Waals surface area contributed by atoms with Gasteiger partial charge in [0.1, 0.15) is 60.1 Å². The summed E-state index contributed by atoms with van der Waals surface area (Å²) in [6.45, 7) is 3.83. The second kappa shape index (κ2) is 35.1. The first kappa shape index (κ1) is 75.0. The van der Waals surface area contributed by atoms with Gasteiger partial charge in [-0.05, 0) is 96.7 Å². The van der Waals surface area contributed by atoms with Gasteiger partial charge in [-0.3, -0.25) is 57.7 Å². The zero-order valence-corrected chi connectivity index (χ0v) is 56.8. The number of guanidine groups is 1. The van der Waals surface area contributed by atoms with Crippen LogP contribution in [0.2, 0.25) is 5.02 Å². The topological polar surface area (TPSA) is 444 Å². The number of phenols is 1. The summed E-state index contributed by atoms with van der Waals surface area (Å²) in [6.07, 6.45) is 6.64. The Labute approximate surface area is 582 Å². The lowest BCUT2D eigenvalue weighted by Gasteiger charge is -2.34. The number of hydrogen-bond donors (Lipinski definition) is 14. The molecule has 6 aromatic rings. The molecular formula is C70H87ClN16O13. The van der Waals surface area contributed by atoms with E-state index in [0.29, 0.717) is 55.5 Å². The van der Waals surface area contributed by atoms with Crippen LogP contribution in [0.4, 0.5) is 0 Å². The van der Waals surface area contributed by atoms with Crippen LogP contribution in [0.5, 0.6) is 5.75 Å². The lowest BCUT2D eigenvalue weighted by atomic mass is 9.98. The predicted octanol–water partition coefficient (Wildman–Crippen LogP) is 0.486. The second-order valence-electron chi connectivity index (χ2n) is 25.3. The number of benzene rings is 4. The van der Waals surface area contributed by atoms with Crippen molar-refractivity contribution in [2.24, 2.45) is 28.1 Å². The van der Waals surface area contributed by atoms with Crippen molar-refractivity contribution in [2.75, 3.05) is 39.8 Å². The van der Waals surface area contributed by atoms with Gasteiger partial charge in [-0.2, -0.15) is 0 Å². The summed E-state index contributed by atoms with van der Waals surface area (Å²) < 4.78 is 0. The van der Waals surface area contributed by atoms with Crippen molar-refractivity contribution < 1.29 is 63.0 Å². The first-order chi connectivity index (χ1) is 47.8. The van der Waals surface area contributed by atoms with Crippen LogP contribution in [0, 0.1) is 5.92 Å². The number of amides is 11. The van der Waals surface area contributed by atoms with Crippen LogP contribution < -0.4 is 54.4 Å². The molecule has 0 bridgehead atoms. The van der Waals surface area contributed by atoms with E-state index in [1.54, 1.807) is 73.1 Å². The number of nitrogens with one attached hydrogen (secondary N) is 9. The zero-order chi connectivity index (χ0) is 72.3. The average molecular weight is 1400 g/mol. The third-order valence-corrected chi connectivity index (χ3v) is 17.8. The number of aliphatic imine (C=N–C) groups is 1. The SMILES string of the molecule is CC(=O)N1CC=CC1C(=O)NC(Cc1ccc(Cl)cc1)C(=O)NC(Cc1c[nH]c2ccccc12)C(=O)NC(CO)C(=O)NC(Cc1ccc(O)cc1)C(=O)NC(Cc1c[nH]c2ccccc12)C(=O)N(C)C(CC(C)C)C(=O)NC(CCCN=C(N)N)C(=O)N1CCCC1C(=O)NCC(N)=O. The molecule has 17 N–H and O–H groups in total. The van der Waals surface area contributed by atoms with Crippen molar-refractivity contribution in [2.45, 2.75) is 133 Å². The number of para-hydroxylation sites is 2. The normalized spacial score (nSPS) is 16.3. The number of aromatic nitrogens is 2. The predicted molar refractivity (Wildman–Crippen MR) is 373 cm³/mol. The standard InChI is InChI=1S/C70H87ClN16O13/c1-39(2)30-59(67(98)79-51(16-9-27-75-70(73)74)69(100)87-29-11-17-57(87)65(96)78-37-60(72)91)85(4)68(99)55(34-44-36-77-50-15-8-6-13-48(44)50)83-62(93)52(32-42-21-25-46(90)26-22-42)80-64(95)56(38-88)84-63(94)54(33-43-35-76-49-14-7-5-12-47(43)49)81-61(92)53(31-41-19-23-45(71)24-20-41)82-66(97)58-18-10-28-86(58)40(3)89/h5-8,10,12-15,18-26,35-36,39,51-59,76-77,88,90H,9,11,16-17,27-34,37-38H2,1-4H3,(H2,72,91)(H,78,96)(H,79,98)(H,80,95)(H,81,92)(H,82,97)(H,83,93)(H,84,94)(H4,73,74,75). The van der Waals surface area contributed by atoms with E-state index in [0.717, 1.165) is 0 Å². The Hall–Kier alpha value is -10.8. The van der Waals surface area contributed by atoms with Crippen molar-refractivity contribution in [3.8, 4) is 5.75 Å². The van der Waals surface area contributed by atoms with Crippen LogP contribution in [-0.2, 0) is 78.4 Å². The molecule has 11 amide bonds. The van der Waals surface area contributed by atoms with Crippen LogP contribution in [0.1, 0.15) is 75.1 Å². The molecule has 2 aliphatic heterocycles. The number of halogens is 1. The fourth-order valence-electron chi connectivity index (χ4n) is 12.3. The van der Waals surface area contributed by atoms with E-state index in [-0.39, 0.29) is 94.5 Å². The van der Waals surface area contributed by atoms with E-state index >= 15 is 9.59 Å². The first-order valence-electron chi connectivity index (χ1n) is 33.0. The number of nitrogens with zero attached hydrogens (tertiary/aromatic N) is 4. The Kier molecular flexibility index (Phi) is 26.3. The Morgan fingerprint density at radius 2 is 1.17 bits per heavy atom. The molecule has 532 valence electrons. The number of likely N-dealkylation sites (N-methyl/N-ethyl adjacent to an activating group) is 1. The molecule has 1 fully saturated rings. The third-order valence-electron chi connectivity index (χ3n) is 17.5. The van der Waals surface area contributed by atoms with Crippen molar-refractivity contribution in [1.29, 1.82) is 0 Å². The molecule has 29 nitrogen and oxygen atoms in total. The maximum absolute atomic E-state index is 15.5. The molecule has 0 saturated carbocycles. The van der Waals surface area contributed by atoms with E-state index in [1.165, 1.54) is 59.0 Å². The number of aromatic hydroxyl groups is 1. The Balaban J connectivity index is 1.08. The number of primary amides is 1. The quantitative estimate of drug-likeness (QED) is 0.0115. The van der Waals surface area contributed by atoms with Crippen LogP contribution in [-0.4, -0.2) is 200 Å². The molecule has 2 aromatic heterocycles. The van der Waals surface area contributed by atoms with Crippen molar-refractivity contribution in [1.82, 2.24) is 61.9 Å². The fourth-order valence-corrected chi connectivity index (χ4v) is 12.4. The number of hydrogen-bond acceptors (Lipinski definition) is 14. The summed E-state index contributed by atoms with van der Waals surface area (Å²) in [4.78, 5) is 170. The van der Waals surface area contributed by atoms with Crippen LogP contribution in [0.25, 0.3) is 21.8 Å². The number of aromatic amines is 2. The van der Waals surface area contributed by atoms with Crippen LogP contribution >= 0.6 is 11.6 Å². The smallest absolute Gasteiger partial charge is 0.247 e. The summed E-state index contributed by atoms with van der Waals surface area (Å²) in [7, 11) is 1.38. The molecule has 4 heterocycles. The molecule has 4 aromatic carbocycles. The van der Waals surface area contributed by atoms with Gasteiger partial charge < -0.3 is 89.3 Å². The Bertz CT molecular complexity index is 4000. The molecule has 0 radical (unpaired) electrons. The largest absolute Gasteiger partial charge is 0.508 e. The Morgan fingerprint density at radius 3 is 1.73 bits per heavy atom. The van der Waals surface area contributed by atoms with Gasteiger partial charge >= 0.3 is 0 Å². The maximum Gasteiger partial charge on any atom is 0.247 e. The fraction of sp³-hybridized carbons (Fsp3) is 0.400. The van der Waals surface area contributed by atoms with E-state index in [2.05, 4.69) is 52.2 Å². The number of likely N-dealkylation sites (tertiary alicyclic amines) is 1. The molecule has 9 unspecified atom stereocenters. The number of carbonyl (C=O) groups is 11. The molecule has 30 heteroatoms. The highest BCUT2D eigenvalue weighted by Gasteiger charge is 2.41. The molecule has 8 rings (SSSR count). The number of rotatable bonds is 33. The number of fused-ring (bicyclic) bond motifs is 2. The van der Waals surface area contributed by atoms with Gasteiger partial charge in [0.15, 0.2) is 5.96 Å². The molecule has 0 spiro atoms. The average Bonchev–Trinajstić information content (AvgIpc) is 1.53. The maximum atomic E-state index is 15.5. The number of aliphatic hydroxyl groups excluding tert-OH is 1. The van der Waals surface area contributed by atoms with Gasteiger partial charge in [0.2, 0.25) is 65.0 Å². The molecular weight excluding hydrogens is 1310 g/mol. The van der Waals surface area contributed by atoms with Crippen LogP contribution in [0.15, 0.2) is 127 Å². The summed E-state index contributed by atoms with van der Waals surface area (Å²) in [6, 6.07) is 14.2.